The van der Waals surface area contributed by atoms with Crippen molar-refractivity contribution in [2.24, 2.45) is 0 Å². The number of ether oxygens (including phenoxy) is 1. The summed E-state index contributed by atoms with van der Waals surface area (Å²) in [4.78, 5) is 0. The van der Waals surface area contributed by atoms with E-state index in [0.29, 0.717) is 6.61 Å². The molecule has 2 N–H and O–H groups in total. The third kappa shape index (κ3) is 1.65. The molecule has 1 aliphatic heterocycles. The fraction of sp³-hybridized carbons (Fsp3) is 0.143. The molecule has 17 heavy (non-hydrogen) atoms. The highest BCUT2D eigenvalue weighted by atomic mass is 16.6. The molecule has 1 saturated heterocycles. The summed E-state index contributed by atoms with van der Waals surface area (Å²) < 4.78 is 5.58. The smallest absolute Gasteiger partial charge is 0.142 e. The molecule has 0 unspecified atom stereocenters. The highest BCUT2D eigenvalue weighted by Gasteiger charge is 2.48. The maximum absolute atomic E-state index is 9.28. The molecule has 0 atom stereocenters. The molecule has 86 valence electrons. The van der Waals surface area contributed by atoms with Crippen molar-refractivity contribution in [2.45, 2.75) is 5.60 Å². The van der Waals surface area contributed by atoms with E-state index in [2.05, 4.69) is 0 Å². The van der Waals surface area contributed by atoms with Gasteiger partial charge in [-0.25, -0.2) is 0 Å². The first-order valence-electron chi connectivity index (χ1n) is 5.44. The third-order valence-electron chi connectivity index (χ3n) is 3.10. The molecule has 3 heteroatoms. The van der Waals surface area contributed by atoms with E-state index in [0.717, 1.165) is 11.1 Å². The van der Waals surface area contributed by atoms with Gasteiger partial charge in [0, 0.05) is 0 Å². The van der Waals surface area contributed by atoms with Crippen LogP contribution in [0.4, 0.5) is 0 Å². The van der Waals surface area contributed by atoms with E-state index >= 15 is 0 Å². The second-order valence-electron chi connectivity index (χ2n) is 4.21. The Bertz CT molecular complexity index is 477. The van der Waals surface area contributed by atoms with Gasteiger partial charge in [-0.1, -0.05) is 24.3 Å². The molecule has 0 amide bonds. The van der Waals surface area contributed by atoms with Crippen LogP contribution in [-0.2, 0) is 10.3 Å². The van der Waals surface area contributed by atoms with Gasteiger partial charge in [0.05, 0.1) is 6.61 Å². The van der Waals surface area contributed by atoms with Gasteiger partial charge >= 0.3 is 0 Å². The Kier molecular flexibility index (Phi) is 2.09. The largest absolute Gasteiger partial charge is 0.508 e. The Morgan fingerprint density at radius 3 is 1.41 bits per heavy atom. The van der Waals surface area contributed by atoms with Gasteiger partial charge in [0.25, 0.3) is 0 Å². The Morgan fingerprint density at radius 2 is 1.12 bits per heavy atom. The zero-order chi connectivity index (χ0) is 11.9. The first-order chi connectivity index (χ1) is 8.21. The second kappa shape index (κ2) is 3.50. The van der Waals surface area contributed by atoms with Crippen LogP contribution in [0.2, 0.25) is 0 Å². The molecule has 0 radical (unpaired) electrons. The minimum absolute atomic E-state index is 0.246. The number of phenolic OH excluding ortho intramolecular Hbond substituents is 2. The highest BCUT2D eigenvalue weighted by molar-refractivity contribution is 5.43. The van der Waals surface area contributed by atoms with Crippen LogP contribution in [-0.4, -0.2) is 16.8 Å². The zero-order valence-electron chi connectivity index (χ0n) is 9.13. The molecule has 2 aromatic rings. The Hall–Kier alpha value is -2.00. The highest BCUT2D eigenvalue weighted by Crippen LogP contribution is 2.45. The van der Waals surface area contributed by atoms with E-state index in [-0.39, 0.29) is 11.5 Å². The quantitative estimate of drug-likeness (QED) is 0.776. The van der Waals surface area contributed by atoms with Crippen molar-refractivity contribution < 1.29 is 14.9 Å². The zero-order valence-corrected chi connectivity index (χ0v) is 9.13. The van der Waals surface area contributed by atoms with E-state index in [9.17, 15) is 10.2 Å². The SMILES string of the molecule is Oc1ccc(C2(c3ccc(O)cc3)CO2)cc1. The first-order valence-corrected chi connectivity index (χ1v) is 5.44. The lowest BCUT2D eigenvalue weighted by Gasteiger charge is -2.12. The summed E-state index contributed by atoms with van der Waals surface area (Å²) in [5.74, 6) is 0.491. The fourth-order valence-corrected chi connectivity index (χ4v) is 2.03. The van der Waals surface area contributed by atoms with Crippen LogP contribution in [0.15, 0.2) is 48.5 Å². The van der Waals surface area contributed by atoms with E-state index in [1.54, 1.807) is 24.3 Å². The molecule has 2 aromatic carbocycles. The number of aromatic hydroxyl groups is 2. The Labute approximate surface area is 98.9 Å². The van der Waals surface area contributed by atoms with Crippen LogP contribution < -0.4 is 0 Å². The number of hydrogen-bond donors (Lipinski definition) is 2. The number of epoxide rings is 1. The molecule has 1 aliphatic rings. The van der Waals surface area contributed by atoms with Crippen molar-refractivity contribution >= 4 is 0 Å². The van der Waals surface area contributed by atoms with Gasteiger partial charge in [0.2, 0.25) is 0 Å². The van der Waals surface area contributed by atoms with Gasteiger partial charge in [-0.15, -0.1) is 0 Å². The molecule has 3 nitrogen and oxygen atoms in total. The molecule has 0 aromatic heterocycles. The average Bonchev–Trinajstić information content (AvgIpc) is 3.12. The van der Waals surface area contributed by atoms with Gasteiger partial charge in [-0.3, -0.25) is 0 Å². The summed E-state index contributed by atoms with van der Waals surface area (Å²) in [6.45, 7) is 0.628. The lowest BCUT2D eigenvalue weighted by molar-refractivity contribution is 0.348. The molecule has 0 spiro atoms. The number of benzene rings is 2. The molecule has 1 fully saturated rings. The maximum atomic E-state index is 9.28. The first kappa shape index (κ1) is 10.2. The summed E-state index contributed by atoms with van der Waals surface area (Å²) in [6, 6.07) is 14.0. The summed E-state index contributed by atoms with van der Waals surface area (Å²) >= 11 is 0. The van der Waals surface area contributed by atoms with Crippen molar-refractivity contribution in [3.63, 3.8) is 0 Å². The molecule has 0 saturated carbocycles. The number of hydrogen-bond acceptors (Lipinski definition) is 3. The van der Waals surface area contributed by atoms with Gasteiger partial charge in [0.1, 0.15) is 17.1 Å². The topological polar surface area (TPSA) is 53.0 Å². The van der Waals surface area contributed by atoms with Crippen LogP contribution in [0.1, 0.15) is 11.1 Å². The van der Waals surface area contributed by atoms with Gasteiger partial charge in [-0.2, -0.15) is 0 Å². The van der Waals surface area contributed by atoms with Crippen molar-refractivity contribution in [1.29, 1.82) is 0 Å². The van der Waals surface area contributed by atoms with Crippen molar-refractivity contribution in [1.82, 2.24) is 0 Å². The predicted octanol–water partition coefficient (Wildman–Crippen LogP) is 2.37. The van der Waals surface area contributed by atoms with E-state index in [4.69, 9.17) is 4.74 Å². The lowest BCUT2D eigenvalue weighted by atomic mass is 9.92. The standard InChI is InChI=1S/C14H12O3/c15-12-5-1-10(2-6-12)14(9-17-14)11-3-7-13(16)8-4-11/h1-8,15-16H,9H2. The summed E-state index contributed by atoms with van der Waals surface area (Å²) in [6.07, 6.45) is 0. The van der Waals surface area contributed by atoms with E-state index in [1.807, 2.05) is 24.3 Å². The van der Waals surface area contributed by atoms with Crippen LogP contribution in [0.25, 0.3) is 0 Å². The molecular formula is C14H12O3. The summed E-state index contributed by atoms with van der Waals surface area (Å²) in [7, 11) is 0. The third-order valence-corrected chi connectivity index (χ3v) is 3.10. The van der Waals surface area contributed by atoms with Gasteiger partial charge < -0.3 is 14.9 Å². The van der Waals surface area contributed by atoms with E-state index < -0.39 is 5.60 Å². The van der Waals surface area contributed by atoms with Crippen LogP contribution >= 0.6 is 0 Å². The maximum Gasteiger partial charge on any atom is 0.142 e. The monoisotopic (exact) mass is 228 g/mol. The van der Waals surface area contributed by atoms with Gasteiger partial charge in [0.15, 0.2) is 0 Å². The van der Waals surface area contributed by atoms with Crippen LogP contribution in [0.5, 0.6) is 11.5 Å². The predicted molar refractivity (Wildman–Crippen MR) is 62.9 cm³/mol. The number of rotatable bonds is 2. The Morgan fingerprint density at radius 1 is 0.765 bits per heavy atom. The molecule has 0 bridgehead atoms. The molecule has 0 aliphatic carbocycles. The van der Waals surface area contributed by atoms with E-state index in [1.165, 1.54) is 0 Å². The fourth-order valence-electron chi connectivity index (χ4n) is 2.03. The van der Waals surface area contributed by atoms with Crippen molar-refractivity contribution in [3.8, 4) is 11.5 Å². The van der Waals surface area contributed by atoms with Crippen LogP contribution in [0, 0.1) is 0 Å². The molecule has 3 rings (SSSR count). The number of phenols is 2. The van der Waals surface area contributed by atoms with Crippen molar-refractivity contribution in [2.75, 3.05) is 6.61 Å². The Balaban J connectivity index is 2.01. The molecule has 1 heterocycles. The van der Waals surface area contributed by atoms with Crippen LogP contribution in [0.3, 0.4) is 0 Å². The van der Waals surface area contributed by atoms with Crippen molar-refractivity contribution in [3.05, 3.63) is 59.7 Å². The minimum Gasteiger partial charge on any atom is -0.508 e. The second-order valence-corrected chi connectivity index (χ2v) is 4.21. The molecular weight excluding hydrogens is 216 g/mol. The lowest BCUT2D eigenvalue weighted by Crippen LogP contribution is -2.10. The van der Waals surface area contributed by atoms with Gasteiger partial charge in [-0.05, 0) is 35.4 Å². The average molecular weight is 228 g/mol. The summed E-state index contributed by atoms with van der Waals surface area (Å²) in [5.41, 5.74) is 1.63. The minimum atomic E-state index is -0.401. The summed E-state index contributed by atoms with van der Waals surface area (Å²) in [5, 5.41) is 18.6. The normalized spacial score (nSPS) is 16.7.